The number of nitrogens with two attached hydrogens (primary N) is 1. The van der Waals surface area contributed by atoms with Gasteiger partial charge in [0.05, 0.1) is 17.2 Å². The van der Waals surface area contributed by atoms with E-state index < -0.39 is 15.6 Å². The molecule has 3 N–H and O–H groups in total. The molecule has 2 aromatic carbocycles. The molecule has 0 unspecified atom stereocenters. The van der Waals surface area contributed by atoms with E-state index in [9.17, 15) is 13.5 Å². The Morgan fingerprint density at radius 3 is 2.39 bits per heavy atom. The van der Waals surface area contributed by atoms with Gasteiger partial charge in [0.25, 0.3) is 0 Å². The van der Waals surface area contributed by atoms with E-state index in [1.807, 2.05) is 25.1 Å². The van der Waals surface area contributed by atoms with Crippen molar-refractivity contribution in [1.29, 1.82) is 0 Å². The van der Waals surface area contributed by atoms with E-state index in [1.54, 1.807) is 24.3 Å². The van der Waals surface area contributed by atoms with Crippen molar-refractivity contribution in [2.24, 2.45) is 10.9 Å². The topological polar surface area (TPSA) is 105 Å². The van der Waals surface area contributed by atoms with E-state index in [0.717, 1.165) is 18.4 Å². The minimum atomic E-state index is -3.59. The van der Waals surface area contributed by atoms with Gasteiger partial charge in [-0.1, -0.05) is 47.6 Å². The number of rotatable bonds is 9. The molecule has 0 saturated carbocycles. The highest BCUT2D eigenvalue weighted by molar-refractivity contribution is 7.89. The highest BCUT2D eigenvalue weighted by atomic mass is 32.2. The van der Waals surface area contributed by atoms with Gasteiger partial charge in [0, 0.05) is 18.6 Å². The van der Waals surface area contributed by atoms with Crippen molar-refractivity contribution in [1.82, 2.24) is 4.31 Å². The van der Waals surface area contributed by atoms with E-state index in [-0.39, 0.29) is 11.5 Å². The normalized spacial score (nSPS) is 17.5. The van der Waals surface area contributed by atoms with E-state index >= 15 is 0 Å². The van der Waals surface area contributed by atoms with Gasteiger partial charge in [-0.15, -0.1) is 0 Å². The third kappa shape index (κ3) is 6.13. The fraction of sp³-hybridized carbons (Fsp3) is 0.435. The molecule has 1 fully saturated rings. The quantitative estimate of drug-likeness (QED) is 0.351. The molecule has 0 aromatic heterocycles. The molecule has 1 saturated heterocycles. The highest BCUT2D eigenvalue weighted by Crippen LogP contribution is 2.25. The Labute approximate surface area is 184 Å². The molecule has 0 spiro atoms. The van der Waals surface area contributed by atoms with Gasteiger partial charge in [0.15, 0.2) is 0 Å². The van der Waals surface area contributed by atoms with Crippen LogP contribution in [0.2, 0.25) is 0 Å². The summed E-state index contributed by atoms with van der Waals surface area (Å²) in [6.45, 7) is 2.82. The molecule has 31 heavy (non-hydrogen) atoms. The van der Waals surface area contributed by atoms with Crippen molar-refractivity contribution in [3.05, 3.63) is 65.7 Å². The maximum absolute atomic E-state index is 12.9. The Bertz CT molecular complexity index is 968. The summed E-state index contributed by atoms with van der Waals surface area (Å²) in [5.74, 6) is 0. The predicted molar refractivity (Wildman–Crippen MR) is 121 cm³/mol. The molecule has 2 aromatic rings. The van der Waals surface area contributed by atoms with Gasteiger partial charge in [-0.3, -0.25) is 0 Å². The van der Waals surface area contributed by atoms with Crippen molar-refractivity contribution in [2.75, 3.05) is 26.3 Å². The molecule has 0 atom stereocenters. The van der Waals surface area contributed by atoms with Crippen molar-refractivity contribution in [3.63, 3.8) is 0 Å². The molecule has 7 nitrogen and oxygen atoms in total. The number of aliphatic hydroxyl groups is 1. The third-order valence-electron chi connectivity index (χ3n) is 5.69. The van der Waals surface area contributed by atoms with Crippen LogP contribution in [-0.2, 0) is 21.3 Å². The molecular weight excluding hydrogens is 414 g/mol. The largest absolute Gasteiger partial charge is 0.396 e. The minimum Gasteiger partial charge on any atom is -0.396 e. The van der Waals surface area contributed by atoms with Crippen LogP contribution < -0.4 is 5.73 Å². The highest BCUT2D eigenvalue weighted by Gasteiger charge is 2.35. The Balaban J connectivity index is 1.53. The maximum Gasteiger partial charge on any atom is 0.243 e. The van der Waals surface area contributed by atoms with Gasteiger partial charge in [0.1, 0.15) is 6.61 Å². The summed E-state index contributed by atoms with van der Waals surface area (Å²) in [7, 11) is -3.59. The zero-order chi connectivity index (χ0) is 22.3. The number of sulfonamides is 1. The first kappa shape index (κ1) is 23.4. The summed E-state index contributed by atoms with van der Waals surface area (Å²) >= 11 is 0. The number of aryl methyl sites for hydroxylation is 1. The maximum atomic E-state index is 12.9. The summed E-state index contributed by atoms with van der Waals surface area (Å²) in [5.41, 5.74) is 8.13. The lowest BCUT2D eigenvalue weighted by Crippen LogP contribution is -2.53. The second kappa shape index (κ2) is 10.4. The van der Waals surface area contributed by atoms with Crippen LogP contribution in [0.4, 0.5) is 0 Å². The number of piperidine rings is 1. The third-order valence-corrected chi connectivity index (χ3v) is 7.60. The SMILES string of the molecule is C/C(=N\OCCCc1ccccc1)c1ccc(S(=O)(=O)N2CCC(N)(CO)CC2)cc1. The average molecular weight is 446 g/mol. The number of benzene rings is 2. The number of hydrogen-bond acceptors (Lipinski definition) is 6. The van der Waals surface area contributed by atoms with Crippen LogP contribution >= 0.6 is 0 Å². The monoisotopic (exact) mass is 445 g/mol. The van der Waals surface area contributed by atoms with Gasteiger partial charge in [-0.25, -0.2) is 8.42 Å². The fourth-order valence-corrected chi connectivity index (χ4v) is 4.97. The van der Waals surface area contributed by atoms with Crippen molar-refractivity contribution in [3.8, 4) is 0 Å². The zero-order valence-corrected chi connectivity index (χ0v) is 18.7. The first-order chi connectivity index (χ1) is 14.8. The van der Waals surface area contributed by atoms with Crippen LogP contribution in [0.3, 0.4) is 0 Å². The Kier molecular flexibility index (Phi) is 7.83. The summed E-state index contributed by atoms with van der Waals surface area (Å²) in [6.07, 6.45) is 2.68. The molecular formula is C23H31N3O4S. The molecule has 0 radical (unpaired) electrons. The molecule has 1 aliphatic heterocycles. The predicted octanol–water partition coefficient (Wildman–Crippen LogP) is 2.53. The molecule has 0 aliphatic carbocycles. The van der Waals surface area contributed by atoms with Crippen LogP contribution in [-0.4, -0.2) is 55.4 Å². The van der Waals surface area contributed by atoms with E-state index in [4.69, 9.17) is 10.6 Å². The average Bonchev–Trinajstić information content (AvgIpc) is 2.80. The van der Waals surface area contributed by atoms with Crippen LogP contribution in [0.25, 0.3) is 0 Å². The van der Waals surface area contributed by atoms with Crippen LogP contribution in [0.1, 0.15) is 37.3 Å². The molecule has 168 valence electrons. The molecule has 1 aliphatic rings. The Morgan fingerprint density at radius 1 is 1.13 bits per heavy atom. The van der Waals surface area contributed by atoms with E-state index in [0.29, 0.717) is 38.2 Å². The second-order valence-electron chi connectivity index (χ2n) is 8.05. The van der Waals surface area contributed by atoms with Crippen molar-refractivity contribution in [2.45, 2.75) is 43.0 Å². The number of aliphatic hydroxyl groups excluding tert-OH is 1. The summed E-state index contributed by atoms with van der Waals surface area (Å²) in [6, 6.07) is 16.9. The number of hydrogen-bond donors (Lipinski definition) is 2. The van der Waals surface area contributed by atoms with Gasteiger partial charge in [-0.2, -0.15) is 4.31 Å². The number of oxime groups is 1. The Hall–Kier alpha value is -2.26. The molecule has 8 heteroatoms. The fourth-order valence-electron chi connectivity index (χ4n) is 3.53. The first-order valence-electron chi connectivity index (χ1n) is 10.5. The second-order valence-corrected chi connectivity index (χ2v) is 9.99. The van der Waals surface area contributed by atoms with Crippen molar-refractivity contribution >= 4 is 15.7 Å². The van der Waals surface area contributed by atoms with Crippen molar-refractivity contribution < 1.29 is 18.4 Å². The summed E-state index contributed by atoms with van der Waals surface area (Å²) in [5, 5.41) is 13.5. The van der Waals surface area contributed by atoms with Gasteiger partial charge >= 0.3 is 0 Å². The lowest BCUT2D eigenvalue weighted by Gasteiger charge is -2.37. The zero-order valence-electron chi connectivity index (χ0n) is 17.9. The number of nitrogens with zero attached hydrogens (tertiary/aromatic N) is 2. The molecule has 0 amide bonds. The van der Waals surface area contributed by atoms with E-state index in [1.165, 1.54) is 9.87 Å². The smallest absolute Gasteiger partial charge is 0.243 e. The first-order valence-corrected chi connectivity index (χ1v) is 12.0. The Morgan fingerprint density at radius 2 is 1.77 bits per heavy atom. The molecule has 3 rings (SSSR count). The van der Waals surface area contributed by atoms with Gasteiger partial charge in [0.2, 0.25) is 10.0 Å². The molecule has 0 bridgehead atoms. The molecule has 1 heterocycles. The lowest BCUT2D eigenvalue weighted by atomic mass is 9.91. The summed E-state index contributed by atoms with van der Waals surface area (Å²) in [4.78, 5) is 5.66. The van der Waals surface area contributed by atoms with Crippen LogP contribution in [0.5, 0.6) is 0 Å². The summed E-state index contributed by atoms with van der Waals surface area (Å²) < 4.78 is 27.2. The van der Waals surface area contributed by atoms with Gasteiger partial charge in [-0.05, 0) is 55.9 Å². The van der Waals surface area contributed by atoms with Crippen LogP contribution in [0.15, 0.2) is 64.6 Å². The van der Waals surface area contributed by atoms with E-state index in [2.05, 4.69) is 17.3 Å². The standard InChI is InChI=1S/C23H31N3O4S/c1-19(25-30-17-5-8-20-6-3-2-4-7-20)21-9-11-22(12-10-21)31(28,29)26-15-13-23(24,18-27)14-16-26/h2-4,6-7,9-12,27H,5,8,13-18,24H2,1H3/b25-19+. The lowest BCUT2D eigenvalue weighted by molar-refractivity contribution is 0.139. The minimum absolute atomic E-state index is 0.136. The van der Waals surface area contributed by atoms with Crippen LogP contribution in [0, 0.1) is 0 Å². The van der Waals surface area contributed by atoms with Gasteiger partial charge < -0.3 is 15.7 Å².